The molecule has 2 aromatic carbocycles. The van der Waals surface area contributed by atoms with E-state index in [4.69, 9.17) is 4.74 Å². The molecule has 1 aliphatic heterocycles. The van der Waals surface area contributed by atoms with E-state index < -0.39 is 9.84 Å². The highest BCUT2D eigenvalue weighted by Gasteiger charge is 2.38. The van der Waals surface area contributed by atoms with Gasteiger partial charge in [0.1, 0.15) is 0 Å². The Labute approximate surface area is 180 Å². The highest BCUT2D eigenvalue weighted by atomic mass is 32.2. The van der Waals surface area contributed by atoms with E-state index in [1.54, 1.807) is 54.9 Å². The van der Waals surface area contributed by atoms with Gasteiger partial charge in [-0.05, 0) is 48.0 Å². The molecule has 1 aliphatic rings. The van der Waals surface area contributed by atoms with Crippen molar-refractivity contribution in [2.24, 2.45) is 0 Å². The van der Waals surface area contributed by atoms with Crippen LogP contribution in [0.15, 0.2) is 95.1 Å². The Morgan fingerprint density at radius 3 is 2.52 bits per heavy atom. The third-order valence-corrected chi connectivity index (χ3v) is 6.88. The summed E-state index contributed by atoms with van der Waals surface area (Å²) in [6.07, 6.45) is 4.87. The van der Waals surface area contributed by atoms with Gasteiger partial charge in [-0.15, -0.1) is 0 Å². The molecule has 31 heavy (non-hydrogen) atoms. The fraction of sp³-hybridized carbons (Fsp3) is 0.130. The summed E-state index contributed by atoms with van der Waals surface area (Å²) >= 11 is 0. The van der Waals surface area contributed by atoms with Crippen molar-refractivity contribution >= 4 is 26.4 Å². The summed E-state index contributed by atoms with van der Waals surface area (Å²) in [7, 11) is -3.68. The van der Waals surface area contributed by atoms with Crippen molar-refractivity contribution in [1.29, 1.82) is 0 Å². The molecular weight excluding hydrogens is 412 g/mol. The molecule has 0 amide bonds. The van der Waals surface area contributed by atoms with Gasteiger partial charge >= 0.3 is 0 Å². The first kappa shape index (κ1) is 19.6. The maximum absolute atomic E-state index is 13.2. The number of fused-ring (bicyclic) bond motifs is 1. The van der Waals surface area contributed by atoms with Crippen LogP contribution in [-0.4, -0.2) is 30.8 Å². The molecule has 0 spiro atoms. The van der Waals surface area contributed by atoms with Gasteiger partial charge in [-0.3, -0.25) is 15.3 Å². The molecule has 0 radical (unpaired) electrons. The fourth-order valence-electron chi connectivity index (χ4n) is 3.41. The average molecular weight is 433 g/mol. The predicted molar refractivity (Wildman–Crippen MR) is 117 cm³/mol. The second-order valence-corrected chi connectivity index (χ2v) is 9.14. The Hall–Kier alpha value is -3.33. The molecule has 7 nitrogen and oxygen atoms in total. The highest BCUT2D eigenvalue weighted by molar-refractivity contribution is 7.91. The molecule has 1 saturated heterocycles. The Morgan fingerprint density at radius 1 is 0.903 bits per heavy atom. The second kappa shape index (κ2) is 8.07. The van der Waals surface area contributed by atoms with Gasteiger partial charge in [0.15, 0.2) is 12.5 Å². The fourth-order valence-corrected chi connectivity index (χ4v) is 4.84. The standard InChI is InChI=1S/C23H20N4O3S/c28-31(29,20-7-1-5-17-6-3-13-25-21(17)20)19-10-8-18(9-11-19)27-23-22(30-23)26-15-16-4-2-12-24-14-16/h1-14,22-23,26-27H,15H2. The predicted octanol–water partition coefficient (Wildman–Crippen LogP) is 3.35. The molecule has 0 bridgehead atoms. The van der Waals surface area contributed by atoms with Crippen LogP contribution in [0.3, 0.4) is 0 Å². The van der Waals surface area contributed by atoms with Crippen LogP contribution in [0.25, 0.3) is 10.9 Å². The van der Waals surface area contributed by atoms with Crippen LogP contribution in [0.4, 0.5) is 5.69 Å². The van der Waals surface area contributed by atoms with Crippen LogP contribution in [0.2, 0.25) is 0 Å². The van der Waals surface area contributed by atoms with Crippen molar-refractivity contribution in [3.05, 3.63) is 90.9 Å². The molecule has 2 unspecified atom stereocenters. The quantitative estimate of drug-likeness (QED) is 0.432. The molecule has 2 N–H and O–H groups in total. The van der Waals surface area contributed by atoms with Gasteiger partial charge in [0.2, 0.25) is 9.84 Å². The van der Waals surface area contributed by atoms with E-state index in [9.17, 15) is 8.42 Å². The lowest BCUT2D eigenvalue weighted by molar-refractivity contribution is 0.351. The summed E-state index contributed by atoms with van der Waals surface area (Å²) in [6, 6.07) is 19.4. The number of pyridine rings is 2. The van der Waals surface area contributed by atoms with E-state index in [-0.39, 0.29) is 22.2 Å². The van der Waals surface area contributed by atoms with Crippen LogP contribution in [0.1, 0.15) is 5.56 Å². The largest absolute Gasteiger partial charge is 0.357 e. The van der Waals surface area contributed by atoms with Crippen molar-refractivity contribution in [1.82, 2.24) is 15.3 Å². The van der Waals surface area contributed by atoms with Crippen LogP contribution < -0.4 is 10.6 Å². The Morgan fingerprint density at radius 2 is 1.71 bits per heavy atom. The topological polar surface area (TPSA) is 96.5 Å². The average Bonchev–Trinajstić information content (AvgIpc) is 3.56. The smallest absolute Gasteiger partial charge is 0.208 e. The first-order valence-corrected chi connectivity index (χ1v) is 11.3. The van der Waals surface area contributed by atoms with Gasteiger partial charge in [0.05, 0.1) is 15.3 Å². The summed E-state index contributed by atoms with van der Waals surface area (Å²) in [5, 5.41) is 7.32. The highest BCUT2D eigenvalue weighted by Crippen LogP contribution is 2.29. The second-order valence-electron chi connectivity index (χ2n) is 7.22. The van der Waals surface area contributed by atoms with E-state index in [1.165, 1.54) is 0 Å². The normalized spacial score (nSPS) is 18.1. The number of benzene rings is 2. The zero-order valence-corrected chi connectivity index (χ0v) is 17.3. The molecule has 5 rings (SSSR count). The van der Waals surface area contributed by atoms with E-state index >= 15 is 0 Å². The van der Waals surface area contributed by atoms with Gasteiger partial charge in [-0.1, -0.05) is 24.3 Å². The zero-order valence-electron chi connectivity index (χ0n) is 16.5. The lowest BCUT2D eigenvalue weighted by atomic mass is 10.2. The molecule has 156 valence electrons. The van der Waals surface area contributed by atoms with Crippen LogP contribution in [0, 0.1) is 0 Å². The number of epoxide rings is 1. The molecule has 3 heterocycles. The SMILES string of the molecule is O=S(=O)(c1ccc(NC2OC2NCc2cccnc2)cc1)c1cccc2cccnc12. The summed E-state index contributed by atoms with van der Waals surface area (Å²) in [6.45, 7) is 0.660. The van der Waals surface area contributed by atoms with E-state index in [1.807, 2.05) is 30.5 Å². The number of sulfone groups is 1. The van der Waals surface area contributed by atoms with Gasteiger partial charge < -0.3 is 10.1 Å². The first-order chi connectivity index (χ1) is 15.1. The molecule has 4 aromatic rings. The van der Waals surface area contributed by atoms with Crippen LogP contribution in [-0.2, 0) is 21.1 Å². The van der Waals surface area contributed by atoms with Gasteiger partial charge in [0.25, 0.3) is 0 Å². The molecule has 2 atom stereocenters. The van der Waals surface area contributed by atoms with E-state index in [0.717, 1.165) is 16.6 Å². The van der Waals surface area contributed by atoms with Crippen molar-refractivity contribution in [2.75, 3.05) is 5.32 Å². The minimum absolute atomic E-state index is 0.106. The van der Waals surface area contributed by atoms with E-state index in [0.29, 0.717) is 12.1 Å². The number of aromatic nitrogens is 2. The van der Waals surface area contributed by atoms with Crippen molar-refractivity contribution < 1.29 is 13.2 Å². The maximum atomic E-state index is 13.2. The molecule has 1 fully saturated rings. The minimum Gasteiger partial charge on any atom is -0.357 e. The molecule has 0 aliphatic carbocycles. The number of hydrogen-bond acceptors (Lipinski definition) is 7. The van der Waals surface area contributed by atoms with E-state index in [2.05, 4.69) is 20.6 Å². The zero-order chi connectivity index (χ0) is 21.3. The van der Waals surface area contributed by atoms with Gasteiger partial charge in [-0.2, -0.15) is 0 Å². The number of anilines is 1. The molecule has 2 aromatic heterocycles. The summed E-state index contributed by atoms with van der Waals surface area (Å²) in [4.78, 5) is 8.78. The number of nitrogens with zero attached hydrogens (tertiary/aromatic N) is 2. The number of nitrogens with one attached hydrogen (secondary N) is 2. The summed E-state index contributed by atoms with van der Waals surface area (Å²) in [5.41, 5.74) is 2.33. The number of ether oxygens (including phenoxy) is 1. The minimum atomic E-state index is -3.68. The van der Waals surface area contributed by atoms with Crippen molar-refractivity contribution in [2.45, 2.75) is 28.8 Å². The summed E-state index contributed by atoms with van der Waals surface area (Å²) < 4.78 is 31.9. The monoisotopic (exact) mass is 432 g/mol. The number of hydrogen-bond donors (Lipinski definition) is 2. The Kier molecular flexibility index (Phi) is 5.11. The Balaban J connectivity index is 1.26. The number of para-hydroxylation sites is 1. The van der Waals surface area contributed by atoms with Crippen molar-refractivity contribution in [3.8, 4) is 0 Å². The number of rotatable bonds is 7. The van der Waals surface area contributed by atoms with Gasteiger partial charge in [0, 0.05) is 36.2 Å². The van der Waals surface area contributed by atoms with Crippen LogP contribution in [0.5, 0.6) is 0 Å². The molecule has 8 heteroatoms. The van der Waals surface area contributed by atoms with Gasteiger partial charge in [-0.25, -0.2) is 8.42 Å². The Bertz CT molecular complexity index is 1310. The lowest BCUT2D eigenvalue weighted by Crippen LogP contribution is -2.22. The van der Waals surface area contributed by atoms with Crippen LogP contribution >= 0.6 is 0 Å². The lowest BCUT2D eigenvalue weighted by Gasteiger charge is -2.09. The molecule has 0 saturated carbocycles. The first-order valence-electron chi connectivity index (χ1n) is 9.84. The maximum Gasteiger partial charge on any atom is 0.208 e. The van der Waals surface area contributed by atoms with Crippen molar-refractivity contribution in [3.63, 3.8) is 0 Å². The third kappa shape index (κ3) is 4.13. The molecular formula is C23H20N4O3S. The summed E-state index contributed by atoms with van der Waals surface area (Å²) in [5.74, 6) is 0. The third-order valence-electron chi connectivity index (χ3n) is 5.08.